The number of alkyl halides is 2. The molecule has 0 radical (unpaired) electrons. The van der Waals surface area contributed by atoms with Gasteiger partial charge in [0.1, 0.15) is 0 Å². The molecule has 0 aromatic heterocycles. The highest BCUT2D eigenvalue weighted by Crippen LogP contribution is 2.39. The van der Waals surface area contributed by atoms with Gasteiger partial charge in [-0.1, -0.05) is 54.1 Å². The summed E-state index contributed by atoms with van der Waals surface area (Å²) in [6, 6.07) is 12.0. The van der Waals surface area contributed by atoms with Crippen LogP contribution in [0.3, 0.4) is 0 Å². The molecule has 0 bridgehead atoms. The van der Waals surface area contributed by atoms with Crippen molar-refractivity contribution < 1.29 is 18.1 Å². The Morgan fingerprint density at radius 1 is 0.880 bits per heavy atom. The first kappa shape index (κ1) is 18.4. The summed E-state index contributed by atoms with van der Waals surface area (Å²) < 4.78 is 41.4. The molecule has 2 aromatic carbocycles. The topological polar surface area (TPSA) is 18.5 Å². The van der Waals surface area contributed by atoms with Crippen LogP contribution < -0.4 is 5.46 Å². The van der Waals surface area contributed by atoms with Gasteiger partial charge in [0.25, 0.3) is 5.92 Å². The Morgan fingerprint density at radius 3 is 1.92 bits per heavy atom. The third-order valence-corrected chi connectivity index (χ3v) is 5.34. The zero-order valence-corrected chi connectivity index (χ0v) is 15.4. The second kappa shape index (κ2) is 6.08. The zero-order chi connectivity index (χ0) is 18.5. The summed E-state index contributed by atoms with van der Waals surface area (Å²) >= 11 is 5.94. The van der Waals surface area contributed by atoms with Crippen molar-refractivity contribution >= 4 is 24.2 Å². The minimum absolute atomic E-state index is 0.0440. The lowest BCUT2D eigenvalue weighted by atomic mass is 9.78. The molecule has 0 saturated carbocycles. The van der Waals surface area contributed by atoms with Crippen LogP contribution in [0.25, 0.3) is 0 Å². The van der Waals surface area contributed by atoms with Crippen molar-refractivity contribution in [2.45, 2.75) is 44.8 Å². The van der Waals surface area contributed by atoms with Gasteiger partial charge in [-0.15, -0.1) is 0 Å². The van der Waals surface area contributed by atoms with Gasteiger partial charge in [-0.3, -0.25) is 0 Å². The summed E-state index contributed by atoms with van der Waals surface area (Å²) in [5.41, 5.74) is -0.575. The van der Waals surface area contributed by atoms with Crippen LogP contribution in [-0.4, -0.2) is 18.3 Å². The fourth-order valence-electron chi connectivity index (χ4n) is 2.70. The molecule has 1 aliphatic rings. The average Bonchev–Trinajstić information content (AvgIpc) is 2.76. The van der Waals surface area contributed by atoms with Gasteiger partial charge < -0.3 is 9.31 Å². The molecular formula is C19H20BClF2O2. The molecule has 1 saturated heterocycles. The molecule has 1 heterocycles. The summed E-state index contributed by atoms with van der Waals surface area (Å²) in [6.07, 6.45) is 0. The molecule has 0 amide bonds. The normalized spacial score (nSPS) is 19.2. The molecule has 3 rings (SSSR count). The molecule has 0 spiro atoms. The maximum atomic E-state index is 14.8. The summed E-state index contributed by atoms with van der Waals surface area (Å²) in [6.45, 7) is 7.81. The van der Waals surface area contributed by atoms with Crippen molar-refractivity contribution in [2.75, 3.05) is 0 Å². The molecule has 1 aliphatic heterocycles. The largest absolute Gasteiger partial charge is 0.494 e. The molecule has 0 unspecified atom stereocenters. The first-order valence-corrected chi connectivity index (χ1v) is 8.51. The van der Waals surface area contributed by atoms with Gasteiger partial charge in [-0.2, -0.15) is 8.78 Å². The molecule has 0 atom stereocenters. The molecule has 2 aromatic rings. The van der Waals surface area contributed by atoms with E-state index >= 15 is 0 Å². The Labute approximate surface area is 152 Å². The van der Waals surface area contributed by atoms with Gasteiger partial charge in [0.15, 0.2) is 0 Å². The second-order valence-corrected chi connectivity index (χ2v) is 7.67. The molecule has 0 aliphatic carbocycles. The number of rotatable bonds is 3. The smallest absolute Gasteiger partial charge is 0.399 e. The fourth-order valence-corrected chi connectivity index (χ4v) is 2.95. The third-order valence-electron chi connectivity index (χ3n) is 5.01. The van der Waals surface area contributed by atoms with E-state index in [9.17, 15) is 8.78 Å². The number of halogens is 3. The van der Waals surface area contributed by atoms with Crippen molar-refractivity contribution in [3.8, 4) is 0 Å². The molecule has 6 heteroatoms. The fraction of sp³-hybridized carbons (Fsp3) is 0.368. The van der Waals surface area contributed by atoms with Gasteiger partial charge in [0.2, 0.25) is 0 Å². The molecular weight excluding hydrogens is 344 g/mol. The summed E-state index contributed by atoms with van der Waals surface area (Å²) in [5.74, 6) is -3.17. The van der Waals surface area contributed by atoms with E-state index in [0.29, 0.717) is 5.46 Å². The highest BCUT2D eigenvalue weighted by molar-refractivity contribution is 6.62. The van der Waals surface area contributed by atoms with E-state index < -0.39 is 24.2 Å². The number of hydrogen-bond donors (Lipinski definition) is 0. The first-order valence-electron chi connectivity index (χ1n) is 8.13. The minimum Gasteiger partial charge on any atom is -0.399 e. The maximum absolute atomic E-state index is 14.8. The van der Waals surface area contributed by atoms with Gasteiger partial charge in [-0.05, 0) is 39.2 Å². The van der Waals surface area contributed by atoms with Crippen molar-refractivity contribution in [1.29, 1.82) is 0 Å². The summed E-state index contributed by atoms with van der Waals surface area (Å²) in [7, 11) is -0.576. The van der Waals surface area contributed by atoms with E-state index in [1.807, 2.05) is 27.7 Å². The predicted octanol–water partition coefficient (Wildman–Crippen LogP) is 4.78. The van der Waals surface area contributed by atoms with Crippen LogP contribution >= 0.6 is 11.6 Å². The highest BCUT2D eigenvalue weighted by Gasteiger charge is 2.51. The predicted molar refractivity (Wildman–Crippen MR) is 96.6 cm³/mol. The summed E-state index contributed by atoms with van der Waals surface area (Å²) in [4.78, 5) is 0. The molecule has 2 nitrogen and oxygen atoms in total. The van der Waals surface area contributed by atoms with Crippen molar-refractivity contribution in [1.82, 2.24) is 0 Å². The first-order chi connectivity index (χ1) is 11.5. The molecule has 0 N–H and O–H groups in total. The number of hydrogen-bond acceptors (Lipinski definition) is 2. The highest BCUT2D eigenvalue weighted by atomic mass is 35.5. The van der Waals surface area contributed by atoms with E-state index in [0.717, 1.165) is 0 Å². The third kappa shape index (κ3) is 3.21. The monoisotopic (exact) mass is 364 g/mol. The lowest BCUT2D eigenvalue weighted by molar-refractivity contribution is 0.00578. The van der Waals surface area contributed by atoms with Crippen LogP contribution in [0.5, 0.6) is 0 Å². The van der Waals surface area contributed by atoms with Crippen molar-refractivity contribution in [3.05, 3.63) is 64.7 Å². The zero-order valence-electron chi connectivity index (χ0n) is 14.6. The van der Waals surface area contributed by atoms with Crippen molar-refractivity contribution in [3.63, 3.8) is 0 Å². The standard InChI is InChI=1S/C19H20BClF2O2/c1-17(2)18(3,4)25-20(24-17)14-11-9-13(10-12-14)19(22,23)15-7-5-6-8-16(15)21/h5-12H,1-4H3. The van der Waals surface area contributed by atoms with Crippen LogP contribution in [0.1, 0.15) is 38.8 Å². The van der Waals surface area contributed by atoms with E-state index in [-0.39, 0.29) is 16.1 Å². The van der Waals surface area contributed by atoms with Gasteiger partial charge >= 0.3 is 7.12 Å². The van der Waals surface area contributed by atoms with Crippen LogP contribution in [0, 0.1) is 0 Å². The lowest BCUT2D eigenvalue weighted by Gasteiger charge is -2.32. The SMILES string of the molecule is CC1(C)OB(c2ccc(C(F)(F)c3ccccc3Cl)cc2)OC1(C)C. The van der Waals surface area contributed by atoms with Crippen LogP contribution in [0.2, 0.25) is 5.02 Å². The second-order valence-electron chi connectivity index (χ2n) is 7.26. The van der Waals surface area contributed by atoms with Gasteiger partial charge in [0.05, 0.1) is 16.2 Å². The van der Waals surface area contributed by atoms with E-state index in [1.54, 1.807) is 24.3 Å². The van der Waals surface area contributed by atoms with Gasteiger partial charge in [-0.25, -0.2) is 0 Å². The van der Waals surface area contributed by atoms with Crippen LogP contribution in [0.4, 0.5) is 8.78 Å². The quantitative estimate of drug-likeness (QED) is 0.730. The lowest BCUT2D eigenvalue weighted by Crippen LogP contribution is -2.41. The molecule has 25 heavy (non-hydrogen) atoms. The van der Waals surface area contributed by atoms with E-state index in [1.165, 1.54) is 24.3 Å². The Bertz CT molecular complexity index is 759. The van der Waals surface area contributed by atoms with Crippen LogP contribution in [-0.2, 0) is 15.2 Å². The molecule has 132 valence electrons. The molecule has 1 fully saturated rings. The Morgan fingerprint density at radius 2 is 1.40 bits per heavy atom. The van der Waals surface area contributed by atoms with Crippen LogP contribution in [0.15, 0.2) is 48.5 Å². The van der Waals surface area contributed by atoms with E-state index in [2.05, 4.69) is 0 Å². The summed E-state index contributed by atoms with van der Waals surface area (Å²) in [5, 5.41) is 0.0440. The van der Waals surface area contributed by atoms with Crippen molar-refractivity contribution in [2.24, 2.45) is 0 Å². The maximum Gasteiger partial charge on any atom is 0.494 e. The average molecular weight is 365 g/mol. The Balaban J connectivity index is 1.87. The van der Waals surface area contributed by atoms with E-state index in [4.69, 9.17) is 20.9 Å². The van der Waals surface area contributed by atoms with Gasteiger partial charge in [0, 0.05) is 11.1 Å². The Kier molecular flexibility index (Phi) is 4.47. The minimum atomic E-state index is -3.17. The Hall–Kier alpha value is -1.43. The number of benzene rings is 2.